The van der Waals surface area contributed by atoms with Crippen LogP contribution in [0.15, 0.2) is 23.0 Å². The van der Waals surface area contributed by atoms with Gasteiger partial charge in [0.25, 0.3) is 5.56 Å². The van der Waals surface area contributed by atoms with Gasteiger partial charge in [0, 0.05) is 11.6 Å². The normalized spacial score (nSPS) is 12.7. The van der Waals surface area contributed by atoms with E-state index >= 15 is 0 Å². The van der Waals surface area contributed by atoms with Crippen molar-refractivity contribution in [2.24, 2.45) is 0 Å². The Morgan fingerprint density at radius 2 is 2.09 bits per heavy atom. The second-order valence-corrected chi connectivity index (χ2v) is 5.89. The van der Waals surface area contributed by atoms with Crippen LogP contribution in [0.5, 0.6) is 0 Å². The van der Waals surface area contributed by atoms with Crippen LogP contribution in [0.25, 0.3) is 10.9 Å². The van der Waals surface area contributed by atoms with E-state index in [4.69, 9.17) is 16.6 Å². The molecule has 1 atom stereocenters. The van der Waals surface area contributed by atoms with Crippen LogP contribution in [-0.2, 0) is 6.54 Å². The summed E-state index contributed by atoms with van der Waals surface area (Å²) < 4.78 is 1.77. The molecule has 1 N–H and O–H groups in total. The highest BCUT2D eigenvalue weighted by atomic mass is 35.5. The number of hydrogen-bond donors (Lipinski definition) is 1. The van der Waals surface area contributed by atoms with Gasteiger partial charge in [0.2, 0.25) is 0 Å². The van der Waals surface area contributed by atoms with Crippen molar-refractivity contribution in [3.8, 4) is 0 Å². The van der Waals surface area contributed by atoms with Crippen molar-refractivity contribution < 1.29 is 0 Å². The smallest absolute Gasteiger partial charge is 0.261 e. The number of aromatic nitrogens is 2. The largest absolute Gasteiger partial charge is 0.307 e. The molecule has 0 saturated carbocycles. The highest BCUT2D eigenvalue weighted by Crippen LogP contribution is 2.19. The van der Waals surface area contributed by atoms with E-state index in [2.05, 4.69) is 19.2 Å². The molecule has 0 aliphatic carbocycles. The average Bonchev–Trinajstić information content (AvgIpc) is 2.51. The van der Waals surface area contributed by atoms with Gasteiger partial charge in [0.15, 0.2) is 0 Å². The van der Waals surface area contributed by atoms with Crippen LogP contribution in [0.3, 0.4) is 0 Å². The molecule has 0 radical (unpaired) electrons. The van der Waals surface area contributed by atoms with Crippen LogP contribution in [0, 0.1) is 0 Å². The van der Waals surface area contributed by atoms with E-state index in [1.165, 1.54) is 0 Å². The molecule has 0 spiro atoms. The SMILES string of the molecule is CCCCNC(CC)c1nc2cc(Cl)ccc2c(=O)n1CC. The van der Waals surface area contributed by atoms with Gasteiger partial charge >= 0.3 is 0 Å². The molecule has 22 heavy (non-hydrogen) atoms. The molecule has 0 amide bonds. The maximum absolute atomic E-state index is 12.7. The number of nitrogens with one attached hydrogen (secondary N) is 1. The molecule has 5 heteroatoms. The van der Waals surface area contributed by atoms with Gasteiger partial charge in [0.05, 0.1) is 16.9 Å². The van der Waals surface area contributed by atoms with E-state index in [1.54, 1.807) is 22.8 Å². The van der Waals surface area contributed by atoms with E-state index in [-0.39, 0.29) is 11.6 Å². The molecule has 1 heterocycles. The number of unbranched alkanes of at least 4 members (excludes halogenated alkanes) is 1. The number of benzene rings is 1. The lowest BCUT2D eigenvalue weighted by molar-refractivity contribution is 0.458. The predicted molar refractivity (Wildman–Crippen MR) is 92.6 cm³/mol. The Morgan fingerprint density at radius 3 is 2.73 bits per heavy atom. The maximum Gasteiger partial charge on any atom is 0.261 e. The van der Waals surface area contributed by atoms with Crippen molar-refractivity contribution in [2.45, 2.75) is 52.6 Å². The van der Waals surface area contributed by atoms with E-state index < -0.39 is 0 Å². The van der Waals surface area contributed by atoms with Crippen molar-refractivity contribution in [1.29, 1.82) is 0 Å². The Balaban J connectivity index is 2.52. The fourth-order valence-corrected chi connectivity index (χ4v) is 2.82. The number of rotatable bonds is 7. The van der Waals surface area contributed by atoms with Crippen molar-refractivity contribution in [3.05, 3.63) is 39.4 Å². The minimum atomic E-state index is 0.00917. The predicted octanol–water partition coefficient (Wildman–Crippen LogP) is 3.91. The molecule has 1 aromatic carbocycles. The second-order valence-electron chi connectivity index (χ2n) is 5.45. The molecular weight excluding hydrogens is 298 g/mol. The van der Waals surface area contributed by atoms with Gasteiger partial charge in [0.1, 0.15) is 5.82 Å². The fourth-order valence-electron chi connectivity index (χ4n) is 2.65. The Morgan fingerprint density at radius 1 is 1.32 bits per heavy atom. The zero-order valence-corrected chi connectivity index (χ0v) is 14.3. The molecule has 4 nitrogen and oxygen atoms in total. The Kier molecular flexibility index (Phi) is 5.98. The van der Waals surface area contributed by atoms with Gasteiger partial charge in [-0.05, 0) is 44.5 Å². The lowest BCUT2D eigenvalue weighted by atomic mass is 10.1. The van der Waals surface area contributed by atoms with Gasteiger partial charge in [-0.25, -0.2) is 4.98 Å². The Labute approximate surface area is 136 Å². The standard InChI is InChI=1S/C17H24ClN3O/c1-4-7-10-19-14(5-2)16-20-15-11-12(18)8-9-13(15)17(22)21(16)6-3/h8-9,11,14,19H,4-7,10H2,1-3H3. The molecule has 0 saturated heterocycles. The zero-order chi connectivity index (χ0) is 16.1. The van der Waals surface area contributed by atoms with E-state index in [9.17, 15) is 4.79 Å². The van der Waals surface area contributed by atoms with Gasteiger partial charge in [-0.1, -0.05) is 31.9 Å². The molecule has 1 unspecified atom stereocenters. The number of hydrogen-bond acceptors (Lipinski definition) is 3. The molecule has 0 aliphatic heterocycles. The third-order valence-corrected chi connectivity index (χ3v) is 4.14. The Hall–Kier alpha value is -1.39. The second kappa shape index (κ2) is 7.75. The summed E-state index contributed by atoms with van der Waals surface area (Å²) in [5, 5.41) is 4.74. The summed E-state index contributed by atoms with van der Waals surface area (Å²) in [6.07, 6.45) is 3.15. The average molecular weight is 322 g/mol. The van der Waals surface area contributed by atoms with Crippen LogP contribution >= 0.6 is 11.6 Å². The first-order chi connectivity index (χ1) is 10.6. The van der Waals surface area contributed by atoms with Gasteiger partial charge in [-0.3, -0.25) is 9.36 Å². The van der Waals surface area contributed by atoms with Crippen LogP contribution in [0.1, 0.15) is 51.9 Å². The lowest BCUT2D eigenvalue weighted by Gasteiger charge is -2.21. The molecule has 2 aromatic rings. The Bertz CT molecular complexity index is 696. The lowest BCUT2D eigenvalue weighted by Crippen LogP contribution is -2.32. The highest BCUT2D eigenvalue weighted by Gasteiger charge is 2.17. The number of nitrogens with zero attached hydrogens (tertiary/aromatic N) is 2. The quantitative estimate of drug-likeness (QED) is 0.786. The molecule has 0 fully saturated rings. The molecule has 0 bridgehead atoms. The highest BCUT2D eigenvalue weighted by molar-refractivity contribution is 6.31. The summed E-state index contributed by atoms with van der Waals surface area (Å²) >= 11 is 6.05. The van der Waals surface area contributed by atoms with Crippen LogP contribution in [0.4, 0.5) is 0 Å². The van der Waals surface area contributed by atoms with E-state index in [1.807, 2.05) is 6.92 Å². The first kappa shape index (κ1) is 17.0. The minimum Gasteiger partial charge on any atom is -0.307 e. The summed E-state index contributed by atoms with van der Waals surface area (Å²) in [5.74, 6) is 0.806. The van der Waals surface area contributed by atoms with E-state index in [0.717, 1.165) is 31.6 Å². The zero-order valence-electron chi connectivity index (χ0n) is 13.5. The first-order valence-corrected chi connectivity index (χ1v) is 8.43. The summed E-state index contributed by atoms with van der Waals surface area (Å²) in [5.41, 5.74) is 0.683. The summed E-state index contributed by atoms with van der Waals surface area (Å²) in [6.45, 7) is 7.81. The number of fused-ring (bicyclic) bond motifs is 1. The molecule has 0 aliphatic rings. The summed E-state index contributed by atoms with van der Waals surface area (Å²) in [4.78, 5) is 17.4. The summed E-state index contributed by atoms with van der Waals surface area (Å²) in [6, 6.07) is 5.35. The molecule has 2 rings (SSSR count). The number of halogens is 1. The van der Waals surface area contributed by atoms with Crippen molar-refractivity contribution >= 4 is 22.5 Å². The summed E-state index contributed by atoms with van der Waals surface area (Å²) in [7, 11) is 0. The maximum atomic E-state index is 12.7. The van der Waals surface area contributed by atoms with Crippen LogP contribution < -0.4 is 10.9 Å². The first-order valence-electron chi connectivity index (χ1n) is 8.05. The third kappa shape index (κ3) is 3.50. The fraction of sp³-hybridized carbons (Fsp3) is 0.529. The topological polar surface area (TPSA) is 46.9 Å². The third-order valence-electron chi connectivity index (χ3n) is 3.90. The van der Waals surface area contributed by atoms with Crippen LogP contribution in [-0.4, -0.2) is 16.1 Å². The molecule has 1 aromatic heterocycles. The molecular formula is C17H24ClN3O. The minimum absolute atomic E-state index is 0.00917. The van der Waals surface area contributed by atoms with Crippen molar-refractivity contribution in [3.63, 3.8) is 0 Å². The van der Waals surface area contributed by atoms with E-state index in [0.29, 0.717) is 22.5 Å². The van der Waals surface area contributed by atoms with Crippen molar-refractivity contribution in [2.75, 3.05) is 6.54 Å². The molecule has 120 valence electrons. The monoisotopic (exact) mass is 321 g/mol. The van der Waals surface area contributed by atoms with Gasteiger partial charge in [-0.15, -0.1) is 0 Å². The van der Waals surface area contributed by atoms with Crippen molar-refractivity contribution in [1.82, 2.24) is 14.9 Å². The van der Waals surface area contributed by atoms with Crippen LogP contribution in [0.2, 0.25) is 5.02 Å². The van der Waals surface area contributed by atoms with Gasteiger partial charge < -0.3 is 5.32 Å². The van der Waals surface area contributed by atoms with Gasteiger partial charge in [-0.2, -0.15) is 0 Å².